The third-order valence-electron chi connectivity index (χ3n) is 5.04. The molecule has 9 nitrogen and oxygen atoms in total. The molecule has 3 aromatic rings. The number of hydrogen-bond donors (Lipinski definition) is 2. The van der Waals surface area contributed by atoms with Gasteiger partial charge in [-0.3, -0.25) is 9.48 Å². The molecule has 0 aliphatic carbocycles. The molecule has 9 heteroatoms. The Hall–Kier alpha value is -3.72. The molecule has 1 aromatic heterocycles. The van der Waals surface area contributed by atoms with Crippen LogP contribution in [0.15, 0.2) is 42.5 Å². The number of rotatable bonds is 9. The zero-order chi connectivity index (χ0) is 23.3. The van der Waals surface area contributed by atoms with Gasteiger partial charge in [0.1, 0.15) is 17.2 Å². The van der Waals surface area contributed by atoms with E-state index in [0.717, 1.165) is 0 Å². The predicted octanol–water partition coefficient (Wildman–Crippen LogP) is 2.58. The fraction of sp³-hybridized carbons (Fsp3) is 0.304. The number of aryl methyl sites for hydroxylation is 1. The van der Waals surface area contributed by atoms with E-state index < -0.39 is 6.10 Å². The van der Waals surface area contributed by atoms with Crippen molar-refractivity contribution in [1.29, 1.82) is 0 Å². The van der Waals surface area contributed by atoms with Gasteiger partial charge in [-0.15, -0.1) is 0 Å². The van der Waals surface area contributed by atoms with Crippen molar-refractivity contribution in [1.82, 2.24) is 15.1 Å². The van der Waals surface area contributed by atoms with E-state index in [4.69, 9.17) is 18.9 Å². The SMILES string of the molecule is COc1ccc(OC)c(-c2cc(C(=O)NCC(O)c3ccc(OC)c(OC)c3)n(C)n2)c1. The lowest BCUT2D eigenvalue weighted by molar-refractivity contribution is 0.0907. The van der Waals surface area contributed by atoms with Crippen molar-refractivity contribution in [3.05, 3.63) is 53.7 Å². The van der Waals surface area contributed by atoms with Crippen LogP contribution in [0.3, 0.4) is 0 Å². The number of carbonyl (C=O) groups is 1. The summed E-state index contributed by atoms with van der Waals surface area (Å²) in [4.78, 5) is 12.8. The first-order valence-corrected chi connectivity index (χ1v) is 9.86. The normalized spacial score (nSPS) is 11.6. The van der Waals surface area contributed by atoms with E-state index in [9.17, 15) is 9.90 Å². The van der Waals surface area contributed by atoms with E-state index in [1.807, 2.05) is 0 Å². The molecule has 0 aliphatic heterocycles. The van der Waals surface area contributed by atoms with Gasteiger partial charge in [-0.05, 0) is 42.0 Å². The van der Waals surface area contributed by atoms with Crippen molar-refractivity contribution in [2.75, 3.05) is 35.0 Å². The summed E-state index contributed by atoms with van der Waals surface area (Å²) in [6.45, 7) is 0.0112. The van der Waals surface area contributed by atoms with Crippen molar-refractivity contribution in [3.8, 4) is 34.3 Å². The van der Waals surface area contributed by atoms with Gasteiger partial charge < -0.3 is 29.4 Å². The molecule has 1 atom stereocenters. The van der Waals surface area contributed by atoms with Gasteiger partial charge in [-0.1, -0.05) is 6.07 Å². The number of aliphatic hydroxyl groups is 1. The summed E-state index contributed by atoms with van der Waals surface area (Å²) in [6, 6.07) is 12.1. The van der Waals surface area contributed by atoms with Crippen LogP contribution in [0.1, 0.15) is 22.2 Å². The summed E-state index contributed by atoms with van der Waals surface area (Å²) in [5.74, 6) is 1.95. The minimum atomic E-state index is -0.926. The number of methoxy groups -OCH3 is 4. The molecule has 1 heterocycles. The molecule has 0 radical (unpaired) electrons. The Morgan fingerprint density at radius 3 is 2.31 bits per heavy atom. The minimum Gasteiger partial charge on any atom is -0.497 e. The zero-order valence-electron chi connectivity index (χ0n) is 18.7. The Balaban J connectivity index is 1.75. The highest BCUT2D eigenvalue weighted by molar-refractivity contribution is 5.94. The van der Waals surface area contributed by atoms with Gasteiger partial charge >= 0.3 is 0 Å². The Bertz CT molecular complexity index is 1100. The Kier molecular flexibility index (Phi) is 7.21. The first-order chi connectivity index (χ1) is 15.4. The number of nitrogens with one attached hydrogen (secondary N) is 1. The first-order valence-electron chi connectivity index (χ1n) is 9.86. The van der Waals surface area contributed by atoms with Gasteiger partial charge in [-0.25, -0.2) is 0 Å². The highest BCUT2D eigenvalue weighted by Crippen LogP contribution is 2.33. The molecule has 0 saturated carbocycles. The second kappa shape index (κ2) is 10.1. The molecular formula is C23H27N3O6. The zero-order valence-corrected chi connectivity index (χ0v) is 18.7. The van der Waals surface area contributed by atoms with Crippen LogP contribution in [0.5, 0.6) is 23.0 Å². The molecule has 0 bridgehead atoms. The van der Waals surface area contributed by atoms with Crippen LogP contribution in [-0.2, 0) is 7.05 Å². The third kappa shape index (κ3) is 4.78. The lowest BCUT2D eigenvalue weighted by atomic mass is 10.1. The molecule has 2 aromatic carbocycles. The fourth-order valence-electron chi connectivity index (χ4n) is 3.28. The number of hydrogen-bond acceptors (Lipinski definition) is 7. The van der Waals surface area contributed by atoms with Gasteiger partial charge in [0.25, 0.3) is 5.91 Å². The number of amides is 1. The van der Waals surface area contributed by atoms with Crippen LogP contribution in [0, 0.1) is 0 Å². The van der Waals surface area contributed by atoms with Gasteiger partial charge in [0, 0.05) is 19.2 Å². The monoisotopic (exact) mass is 441 g/mol. The van der Waals surface area contributed by atoms with Crippen molar-refractivity contribution in [2.24, 2.45) is 7.05 Å². The van der Waals surface area contributed by atoms with Crippen molar-refractivity contribution in [3.63, 3.8) is 0 Å². The number of benzene rings is 2. The lowest BCUT2D eigenvalue weighted by Crippen LogP contribution is -2.29. The van der Waals surface area contributed by atoms with Crippen LogP contribution >= 0.6 is 0 Å². The average molecular weight is 441 g/mol. The molecule has 0 aliphatic rings. The number of aliphatic hydroxyl groups excluding tert-OH is 1. The average Bonchev–Trinajstić information content (AvgIpc) is 3.22. The van der Waals surface area contributed by atoms with E-state index in [0.29, 0.717) is 45.5 Å². The maximum absolute atomic E-state index is 12.8. The van der Waals surface area contributed by atoms with Crippen molar-refractivity contribution in [2.45, 2.75) is 6.10 Å². The molecule has 0 spiro atoms. The minimum absolute atomic E-state index is 0.0112. The number of nitrogens with zero attached hydrogens (tertiary/aromatic N) is 2. The second-order valence-electron chi connectivity index (χ2n) is 6.94. The maximum atomic E-state index is 12.8. The molecule has 2 N–H and O–H groups in total. The second-order valence-corrected chi connectivity index (χ2v) is 6.94. The van der Waals surface area contributed by atoms with E-state index in [1.54, 1.807) is 63.7 Å². The third-order valence-corrected chi connectivity index (χ3v) is 5.04. The smallest absolute Gasteiger partial charge is 0.269 e. The lowest BCUT2D eigenvalue weighted by Gasteiger charge is -2.15. The van der Waals surface area contributed by atoms with Crippen LogP contribution < -0.4 is 24.3 Å². The molecule has 170 valence electrons. The van der Waals surface area contributed by atoms with Gasteiger partial charge in [0.2, 0.25) is 0 Å². The van der Waals surface area contributed by atoms with Gasteiger partial charge in [0.15, 0.2) is 11.5 Å². The summed E-state index contributed by atoms with van der Waals surface area (Å²) < 4.78 is 22.6. The van der Waals surface area contributed by atoms with Gasteiger partial charge in [-0.2, -0.15) is 5.10 Å². The molecule has 0 fully saturated rings. The quantitative estimate of drug-likeness (QED) is 0.526. The Morgan fingerprint density at radius 2 is 1.66 bits per heavy atom. The summed E-state index contributed by atoms with van der Waals surface area (Å²) in [5.41, 5.74) is 2.19. The van der Waals surface area contributed by atoms with E-state index in [-0.39, 0.29) is 12.5 Å². The Morgan fingerprint density at radius 1 is 0.969 bits per heavy atom. The molecule has 3 rings (SSSR count). The van der Waals surface area contributed by atoms with E-state index >= 15 is 0 Å². The van der Waals surface area contributed by atoms with Crippen LogP contribution in [0.2, 0.25) is 0 Å². The summed E-state index contributed by atoms with van der Waals surface area (Å²) in [7, 11) is 7.88. The van der Waals surface area contributed by atoms with Crippen LogP contribution in [0.25, 0.3) is 11.3 Å². The van der Waals surface area contributed by atoms with E-state index in [1.165, 1.54) is 18.9 Å². The van der Waals surface area contributed by atoms with Gasteiger partial charge in [0.05, 0.1) is 40.2 Å². The van der Waals surface area contributed by atoms with Crippen molar-refractivity contribution < 1.29 is 28.8 Å². The number of aromatic nitrogens is 2. The predicted molar refractivity (Wildman–Crippen MR) is 119 cm³/mol. The summed E-state index contributed by atoms with van der Waals surface area (Å²) in [5, 5.41) is 17.7. The molecule has 0 saturated heterocycles. The Labute approximate surface area is 186 Å². The maximum Gasteiger partial charge on any atom is 0.269 e. The topological polar surface area (TPSA) is 104 Å². The largest absolute Gasteiger partial charge is 0.497 e. The standard InChI is InChI=1S/C23H27N3O6/c1-26-18(12-17(25-26)16-11-15(29-2)7-9-20(16)30-3)23(28)24-13-19(27)14-6-8-21(31-4)22(10-14)32-5/h6-12,19,27H,13H2,1-5H3,(H,24,28). The highest BCUT2D eigenvalue weighted by atomic mass is 16.5. The highest BCUT2D eigenvalue weighted by Gasteiger charge is 2.19. The van der Waals surface area contributed by atoms with Crippen LogP contribution in [0.4, 0.5) is 0 Å². The molecule has 1 unspecified atom stereocenters. The fourth-order valence-corrected chi connectivity index (χ4v) is 3.28. The molecule has 1 amide bonds. The first kappa shape index (κ1) is 23.0. The van der Waals surface area contributed by atoms with E-state index in [2.05, 4.69) is 10.4 Å². The molecular weight excluding hydrogens is 414 g/mol. The number of ether oxygens (including phenoxy) is 4. The summed E-state index contributed by atoms with van der Waals surface area (Å²) in [6.07, 6.45) is -0.926. The van der Waals surface area contributed by atoms with Crippen LogP contribution in [-0.4, -0.2) is 55.8 Å². The molecule has 32 heavy (non-hydrogen) atoms. The van der Waals surface area contributed by atoms with Crippen molar-refractivity contribution >= 4 is 5.91 Å². The number of carbonyl (C=O) groups excluding carboxylic acids is 1. The summed E-state index contributed by atoms with van der Waals surface area (Å²) >= 11 is 0.